The molecule has 0 saturated heterocycles. The molecule has 0 aliphatic heterocycles. The second-order valence-corrected chi connectivity index (χ2v) is 13.6. The van der Waals surface area contributed by atoms with Gasteiger partial charge in [0.1, 0.15) is 10.9 Å². The number of aromatic nitrogens is 1. The Kier molecular flexibility index (Phi) is 11.2. The van der Waals surface area contributed by atoms with E-state index >= 15 is 0 Å². The molecule has 0 aliphatic rings. The summed E-state index contributed by atoms with van der Waals surface area (Å²) in [6, 6.07) is 40.5. The monoisotopic (exact) mass is 714 g/mol. The van der Waals surface area contributed by atoms with E-state index in [1.807, 2.05) is 103 Å². The fourth-order valence-electron chi connectivity index (χ4n) is 4.92. The van der Waals surface area contributed by atoms with Crippen molar-refractivity contribution in [2.75, 3.05) is 10.6 Å². The van der Waals surface area contributed by atoms with Crippen LogP contribution in [0.5, 0.6) is 0 Å². The Balaban J connectivity index is 1.17. The van der Waals surface area contributed by atoms with Crippen molar-refractivity contribution in [3.05, 3.63) is 172 Å². The molecule has 0 fully saturated rings. The van der Waals surface area contributed by atoms with Crippen LogP contribution in [-0.4, -0.2) is 22.7 Å². The van der Waals surface area contributed by atoms with Crippen LogP contribution in [0.1, 0.15) is 32.3 Å². The van der Waals surface area contributed by atoms with Crippen molar-refractivity contribution >= 4 is 69.3 Å². The zero-order valence-corrected chi connectivity index (χ0v) is 29.2. The molecule has 248 valence electrons. The molecule has 6 rings (SSSR count). The average molecular weight is 715 g/mol. The number of anilines is 2. The molecule has 6 aromatic rings. The summed E-state index contributed by atoms with van der Waals surface area (Å²) in [5, 5.41) is 11.0. The van der Waals surface area contributed by atoms with E-state index in [-0.39, 0.29) is 11.6 Å². The Bertz CT molecular complexity index is 2140. The number of aryl methyl sites for hydroxylation is 1. The Morgan fingerprint density at radius 1 is 0.780 bits per heavy atom. The average Bonchev–Trinajstić information content (AvgIpc) is 3.60. The molecule has 1 atom stereocenters. The second kappa shape index (κ2) is 16.3. The number of carbonyl (C=O) groups is 3. The van der Waals surface area contributed by atoms with Gasteiger partial charge in [-0.15, -0.1) is 23.1 Å². The van der Waals surface area contributed by atoms with Crippen LogP contribution in [0.3, 0.4) is 0 Å². The highest BCUT2D eigenvalue weighted by atomic mass is 35.5. The van der Waals surface area contributed by atoms with Crippen LogP contribution in [0.4, 0.5) is 10.8 Å². The predicted molar refractivity (Wildman–Crippen MR) is 204 cm³/mol. The molecule has 0 aliphatic carbocycles. The molecule has 3 N–H and O–H groups in total. The van der Waals surface area contributed by atoms with Crippen molar-refractivity contribution in [1.82, 2.24) is 10.3 Å². The minimum atomic E-state index is -0.582. The third-order valence-electron chi connectivity index (χ3n) is 7.51. The highest BCUT2D eigenvalue weighted by Crippen LogP contribution is 2.38. The van der Waals surface area contributed by atoms with E-state index in [4.69, 9.17) is 11.6 Å². The van der Waals surface area contributed by atoms with Gasteiger partial charge in [0.25, 0.3) is 11.8 Å². The van der Waals surface area contributed by atoms with Gasteiger partial charge in [0, 0.05) is 32.1 Å². The van der Waals surface area contributed by atoms with Gasteiger partial charge in [0.15, 0.2) is 5.13 Å². The number of rotatable bonds is 11. The number of hydrogen-bond donors (Lipinski definition) is 3. The maximum Gasteiger partial charge on any atom is 0.272 e. The van der Waals surface area contributed by atoms with Crippen molar-refractivity contribution < 1.29 is 14.4 Å². The Morgan fingerprint density at radius 3 is 2.14 bits per heavy atom. The lowest BCUT2D eigenvalue weighted by Gasteiger charge is -2.17. The van der Waals surface area contributed by atoms with Gasteiger partial charge in [-0.05, 0) is 66.6 Å². The lowest BCUT2D eigenvalue weighted by atomic mass is 10.1. The van der Waals surface area contributed by atoms with E-state index in [9.17, 15) is 14.4 Å². The Labute approximate surface area is 303 Å². The molecule has 1 aromatic heterocycles. The van der Waals surface area contributed by atoms with Gasteiger partial charge in [-0.2, -0.15) is 0 Å². The maximum atomic E-state index is 13.7. The summed E-state index contributed by atoms with van der Waals surface area (Å²) in [7, 11) is 0. The molecular formula is C40H31ClN4O3S2. The first-order valence-corrected chi connectivity index (χ1v) is 17.8. The summed E-state index contributed by atoms with van der Waals surface area (Å²) in [6.07, 6.45) is 1.64. The van der Waals surface area contributed by atoms with Gasteiger partial charge < -0.3 is 16.0 Å². The van der Waals surface area contributed by atoms with Crippen molar-refractivity contribution in [3.63, 3.8) is 0 Å². The van der Waals surface area contributed by atoms with E-state index < -0.39 is 17.1 Å². The lowest BCUT2D eigenvalue weighted by molar-refractivity contribution is -0.116. The van der Waals surface area contributed by atoms with E-state index in [0.29, 0.717) is 27.1 Å². The van der Waals surface area contributed by atoms with Crippen LogP contribution in [0.25, 0.3) is 17.3 Å². The SMILES string of the molecule is Cc1ccc(/C=C(\NC(=O)c2ccccc2)C(=O)Nc2ccc(SC(C(=O)Nc3nc(-c4ccccc4Cl)cs3)c3ccccc3)cc2)cc1. The minimum absolute atomic E-state index is 0.0989. The largest absolute Gasteiger partial charge is 0.321 e. The number of hydrogen-bond acceptors (Lipinski definition) is 6. The molecule has 10 heteroatoms. The summed E-state index contributed by atoms with van der Waals surface area (Å²) >= 11 is 9.07. The van der Waals surface area contributed by atoms with Gasteiger partial charge >= 0.3 is 0 Å². The van der Waals surface area contributed by atoms with Crippen molar-refractivity contribution in [3.8, 4) is 11.3 Å². The summed E-state index contributed by atoms with van der Waals surface area (Å²) in [5.41, 5.74) is 5.22. The molecule has 7 nitrogen and oxygen atoms in total. The molecule has 3 amide bonds. The van der Waals surface area contributed by atoms with E-state index in [1.54, 1.807) is 48.5 Å². The molecule has 0 saturated carbocycles. The Hall–Kier alpha value is -5.48. The topological polar surface area (TPSA) is 100 Å². The zero-order chi connectivity index (χ0) is 34.9. The van der Waals surface area contributed by atoms with Crippen molar-refractivity contribution in [2.45, 2.75) is 17.1 Å². The first-order valence-electron chi connectivity index (χ1n) is 15.6. The summed E-state index contributed by atoms with van der Waals surface area (Å²) < 4.78 is 0. The number of carbonyl (C=O) groups excluding carboxylic acids is 3. The Morgan fingerprint density at radius 2 is 1.44 bits per heavy atom. The van der Waals surface area contributed by atoms with Crippen molar-refractivity contribution in [1.29, 1.82) is 0 Å². The van der Waals surface area contributed by atoms with Crippen LogP contribution in [0.15, 0.2) is 149 Å². The van der Waals surface area contributed by atoms with Gasteiger partial charge in [-0.25, -0.2) is 4.98 Å². The smallest absolute Gasteiger partial charge is 0.272 e. The fraction of sp³-hybridized carbons (Fsp3) is 0.0500. The number of nitrogens with one attached hydrogen (secondary N) is 3. The predicted octanol–water partition coefficient (Wildman–Crippen LogP) is 9.65. The van der Waals surface area contributed by atoms with Crippen LogP contribution in [-0.2, 0) is 9.59 Å². The molecule has 1 unspecified atom stereocenters. The first kappa shape index (κ1) is 34.4. The third kappa shape index (κ3) is 8.95. The standard InChI is InChI=1S/C40H31ClN4O3S2/c1-26-16-18-27(19-17-26)24-34(43-37(46)29-12-6-3-7-13-29)38(47)42-30-20-22-31(23-21-30)50-36(28-10-4-2-5-11-28)39(48)45-40-44-35(25-49-40)32-14-8-9-15-33(32)41/h2-25,36H,1H3,(H,42,47)(H,43,46)(H,44,45,48)/b34-24-. The molecule has 0 radical (unpaired) electrons. The number of thioether (sulfide) groups is 1. The first-order chi connectivity index (χ1) is 24.3. The quantitative estimate of drug-likeness (QED) is 0.0917. The van der Waals surface area contributed by atoms with Crippen molar-refractivity contribution in [2.24, 2.45) is 0 Å². The molecule has 0 bridgehead atoms. The number of thiazole rings is 1. The maximum absolute atomic E-state index is 13.7. The van der Waals surface area contributed by atoms with Gasteiger partial charge in [-0.1, -0.05) is 108 Å². The summed E-state index contributed by atoms with van der Waals surface area (Å²) in [5.74, 6) is -1.09. The summed E-state index contributed by atoms with van der Waals surface area (Å²) in [6.45, 7) is 1.98. The number of halogens is 1. The fourth-order valence-corrected chi connectivity index (χ4v) is 6.89. The van der Waals surface area contributed by atoms with Crippen LogP contribution < -0.4 is 16.0 Å². The highest BCUT2D eigenvalue weighted by Gasteiger charge is 2.24. The molecule has 1 heterocycles. The second-order valence-electron chi connectivity index (χ2n) is 11.2. The van der Waals surface area contributed by atoms with E-state index in [1.165, 1.54) is 23.1 Å². The van der Waals surface area contributed by atoms with E-state index in [0.717, 1.165) is 27.1 Å². The number of nitrogens with zero attached hydrogens (tertiary/aromatic N) is 1. The molecular weight excluding hydrogens is 684 g/mol. The third-order valence-corrected chi connectivity index (χ3v) is 9.86. The van der Waals surface area contributed by atoms with Crippen LogP contribution >= 0.6 is 34.7 Å². The highest BCUT2D eigenvalue weighted by molar-refractivity contribution is 8.00. The lowest BCUT2D eigenvalue weighted by Crippen LogP contribution is -2.30. The molecule has 5 aromatic carbocycles. The van der Waals surface area contributed by atoms with Gasteiger partial charge in [0.05, 0.1) is 5.69 Å². The van der Waals surface area contributed by atoms with Crippen LogP contribution in [0.2, 0.25) is 5.02 Å². The number of benzene rings is 5. The minimum Gasteiger partial charge on any atom is -0.321 e. The van der Waals surface area contributed by atoms with Crippen LogP contribution in [0, 0.1) is 6.92 Å². The molecule has 0 spiro atoms. The normalized spacial score (nSPS) is 11.8. The van der Waals surface area contributed by atoms with E-state index in [2.05, 4.69) is 20.9 Å². The zero-order valence-electron chi connectivity index (χ0n) is 26.8. The summed E-state index contributed by atoms with van der Waals surface area (Å²) in [4.78, 5) is 45.6. The number of amides is 3. The van der Waals surface area contributed by atoms with Gasteiger partial charge in [-0.3, -0.25) is 14.4 Å². The van der Waals surface area contributed by atoms with Gasteiger partial charge in [0.2, 0.25) is 5.91 Å². The molecule has 50 heavy (non-hydrogen) atoms.